The Labute approximate surface area is 123 Å². The van der Waals surface area contributed by atoms with E-state index in [0.29, 0.717) is 18.3 Å². The van der Waals surface area contributed by atoms with E-state index in [1.807, 2.05) is 0 Å². The molecule has 0 radical (unpaired) electrons. The van der Waals surface area contributed by atoms with Crippen molar-refractivity contribution in [2.24, 2.45) is 0 Å². The molecule has 0 bridgehead atoms. The number of ether oxygens (including phenoxy) is 2. The molecule has 4 nitrogen and oxygen atoms in total. The number of aliphatic hydroxyl groups excluding tert-OH is 1. The fraction of sp³-hybridized carbons (Fsp3) is 0.600. The van der Waals surface area contributed by atoms with Gasteiger partial charge >= 0.3 is 6.61 Å². The maximum atomic E-state index is 12.2. The van der Waals surface area contributed by atoms with Gasteiger partial charge in [0.2, 0.25) is 0 Å². The third-order valence-electron chi connectivity index (χ3n) is 3.74. The number of hydrogen-bond acceptors (Lipinski definition) is 4. The molecular weight excluding hydrogens is 280 g/mol. The maximum absolute atomic E-state index is 12.2. The SMILES string of the molecule is COc1cc(CNC2CCC(O)CC2)ccc1OC(F)F. The Hall–Kier alpha value is -1.40. The van der Waals surface area contributed by atoms with Gasteiger partial charge in [-0.25, -0.2) is 0 Å². The smallest absolute Gasteiger partial charge is 0.387 e. The Balaban J connectivity index is 1.91. The summed E-state index contributed by atoms with van der Waals surface area (Å²) in [5, 5.41) is 12.9. The van der Waals surface area contributed by atoms with Crippen LogP contribution < -0.4 is 14.8 Å². The summed E-state index contributed by atoms with van der Waals surface area (Å²) in [6, 6.07) is 5.32. The molecule has 0 unspecified atom stereocenters. The van der Waals surface area contributed by atoms with Gasteiger partial charge in [0.05, 0.1) is 13.2 Å². The Morgan fingerprint density at radius 3 is 2.57 bits per heavy atom. The van der Waals surface area contributed by atoms with Crippen LogP contribution in [-0.2, 0) is 6.54 Å². The van der Waals surface area contributed by atoms with E-state index in [9.17, 15) is 13.9 Å². The summed E-state index contributed by atoms with van der Waals surface area (Å²) < 4.78 is 34.0. The van der Waals surface area contributed by atoms with E-state index in [2.05, 4.69) is 10.1 Å². The topological polar surface area (TPSA) is 50.7 Å². The van der Waals surface area contributed by atoms with Crippen LogP contribution >= 0.6 is 0 Å². The van der Waals surface area contributed by atoms with Crippen molar-refractivity contribution in [2.45, 2.75) is 51.0 Å². The van der Waals surface area contributed by atoms with Crippen LogP contribution in [0.15, 0.2) is 18.2 Å². The Morgan fingerprint density at radius 2 is 1.95 bits per heavy atom. The predicted octanol–water partition coefficient (Wildman–Crippen LogP) is 2.69. The lowest BCUT2D eigenvalue weighted by molar-refractivity contribution is -0.0512. The molecule has 1 aliphatic rings. The zero-order valence-electron chi connectivity index (χ0n) is 12.0. The molecular formula is C15H21F2NO3. The van der Waals surface area contributed by atoms with E-state index >= 15 is 0 Å². The fourth-order valence-electron chi connectivity index (χ4n) is 2.56. The van der Waals surface area contributed by atoms with E-state index in [1.165, 1.54) is 13.2 Å². The van der Waals surface area contributed by atoms with E-state index in [4.69, 9.17) is 4.74 Å². The zero-order chi connectivity index (χ0) is 15.2. The van der Waals surface area contributed by atoms with E-state index in [-0.39, 0.29) is 11.9 Å². The maximum Gasteiger partial charge on any atom is 0.387 e. The predicted molar refractivity (Wildman–Crippen MR) is 74.7 cm³/mol. The molecule has 0 amide bonds. The molecule has 1 saturated carbocycles. The van der Waals surface area contributed by atoms with Gasteiger partial charge in [0, 0.05) is 12.6 Å². The van der Waals surface area contributed by atoms with Gasteiger partial charge in [-0.1, -0.05) is 6.07 Å². The molecule has 1 aliphatic carbocycles. The van der Waals surface area contributed by atoms with Crippen molar-refractivity contribution >= 4 is 0 Å². The summed E-state index contributed by atoms with van der Waals surface area (Å²) >= 11 is 0. The number of benzene rings is 1. The highest BCUT2D eigenvalue weighted by molar-refractivity contribution is 5.43. The molecule has 6 heteroatoms. The summed E-state index contributed by atoms with van der Waals surface area (Å²) in [7, 11) is 1.42. The molecule has 1 fully saturated rings. The first-order chi connectivity index (χ1) is 10.1. The molecule has 0 aliphatic heterocycles. The van der Waals surface area contributed by atoms with Crippen LogP contribution in [0.3, 0.4) is 0 Å². The molecule has 2 N–H and O–H groups in total. The molecule has 0 atom stereocenters. The lowest BCUT2D eigenvalue weighted by Crippen LogP contribution is -2.34. The summed E-state index contributed by atoms with van der Waals surface area (Å²) in [6.45, 7) is -2.23. The number of methoxy groups -OCH3 is 1. The fourth-order valence-corrected chi connectivity index (χ4v) is 2.56. The molecule has 0 saturated heterocycles. The summed E-state index contributed by atoms with van der Waals surface area (Å²) in [4.78, 5) is 0. The second-order valence-corrected chi connectivity index (χ2v) is 5.25. The van der Waals surface area contributed by atoms with Crippen molar-refractivity contribution in [2.75, 3.05) is 7.11 Å². The van der Waals surface area contributed by atoms with Gasteiger partial charge in [0.15, 0.2) is 11.5 Å². The van der Waals surface area contributed by atoms with Gasteiger partial charge in [-0.05, 0) is 43.4 Å². The first kappa shape index (κ1) is 16.0. The van der Waals surface area contributed by atoms with Crippen LogP contribution in [0.25, 0.3) is 0 Å². The molecule has 21 heavy (non-hydrogen) atoms. The van der Waals surface area contributed by atoms with Crippen LogP contribution in [-0.4, -0.2) is 31.0 Å². The molecule has 1 aromatic carbocycles. The van der Waals surface area contributed by atoms with Crippen LogP contribution in [0.5, 0.6) is 11.5 Å². The number of hydrogen-bond donors (Lipinski definition) is 2. The Bertz CT molecular complexity index is 449. The molecule has 0 aromatic heterocycles. The van der Waals surface area contributed by atoms with Gasteiger partial charge in [-0.3, -0.25) is 0 Å². The quantitative estimate of drug-likeness (QED) is 0.848. The summed E-state index contributed by atoms with van der Waals surface area (Å²) in [6.07, 6.45) is 3.37. The first-order valence-corrected chi connectivity index (χ1v) is 7.11. The molecule has 118 valence electrons. The average molecular weight is 301 g/mol. The second kappa shape index (κ2) is 7.56. The molecule has 2 rings (SSSR count). The highest BCUT2D eigenvalue weighted by atomic mass is 19.3. The van der Waals surface area contributed by atoms with Crippen molar-refractivity contribution in [3.05, 3.63) is 23.8 Å². The number of nitrogens with one attached hydrogen (secondary N) is 1. The number of rotatable bonds is 6. The van der Waals surface area contributed by atoms with Crippen molar-refractivity contribution in [3.63, 3.8) is 0 Å². The van der Waals surface area contributed by atoms with E-state index < -0.39 is 6.61 Å². The highest BCUT2D eigenvalue weighted by Crippen LogP contribution is 2.29. The lowest BCUT2D eigenvalue weighted by Gasteiger charge is -2.26. The van der Waals surface area contributed by atoms with Crippen molar-refractivity contribution in [1.29, 1.82) is 0 Å². The monoisotopic (exact) mass is 301 g/mol. The van der Waals surface area contributed by atoms with E-state index in [0.717, 1.165) is 31.2 Å². The Morgan fingerprint density at radius 1 is 1.24 bits per heavy atom. The van der Waals surface area contributed by atoms with Crippen molar-refractivity contribution in [1.82, 2.24) is 5.32 Å². The number of alkyl halides is 2. The lowest BCUT2D eigenvalue weighted by atomic mass is 9.93. The largest absolute Gasteiger partial charge is 0.493 e. The minimum Gasteiger partial charge on any atom is -0.493 e. The van der Waals surface area contributed by atoms with E-state index in [1.54, 1.807) is 12.1 Å². The third-order valence-corrected chi connectivity index (χ3v) is 3.74. The summed E-state index contributed by atoms with van der Waals surface area (Å²) in [5.74, 6) is 0.339. The normalized spacial score (nSPS) is 22.3. The summed E-state index contributed by atoms with van der Waals surface area (Å²) in [5.41, 5.74) is 0.944. The minimum absolute atomic E-state index is 0.0389. The first-order valence-electron chi connectivity index (χ1n) is 7.11. The van der Waals surface area contributed by atoms with Gasteiger partial charge < -0.3 is 19.9 Å². The minimum atomic E-state index is -2.86. The van der Waals surface area contributed by atoms with Crippen molar-refractivity contribution < 1.29 is 23.4 Å². The van der Waals surface area contributed by atoms with Crippen LogP contribution in [0.1, 0.15) is 31.2 Å². The second-order valence-electron chi connectivity index (χ2n) is 5.25. The van der Waals surface area contributed by atoms with Crippen LogP contribution in [0.2, 0.25) is 0 Å². The average Bonchev–Trinajstić information content (AvgIpc) is 2.47. The third kappa shape index (κ3) is 4.82. The highest BCUT2D eigenvalue weighted by Gasteiger charge is 2.19. The molecule has 0 heterocycles. The number of halogens is 2. The zero-order valence-corrected chi connectivity index (χ0v) is 12.0. The number of aliphatic hydroxyl groups is 1. The van der Waals surface area contributed by atoms with Crippen LogP contribution in [0, 0.1) is 0 Å². The molecule has 0 spiro atoms. The van der Waals surface area contributed by atoms with Gasteiger partial charge in [-0.15, -0.1) is 0 Å². The van der Waals surface area contributed by atoms with Gasteiger partial charge in [0.1, 0.15) is 0 Å². The van der Waals surface area contributed by atoms with Crippen LogP contribution in [0.4, 0.5) is 8.78 Å². The Kier molecular flexibility index (Phi) is 5.76. The standard InChI is InChI=1S/C15H21F2NO3/c1-20-14-8-10(2-7-13(14)21-15(16)17)9-18-11-3-5-12(19)6-4-11/h2,7-8,11-12,15,18-19H,3-6,9H2,1H3. The molecule has 1 aromatic rings. The van der Waals surface area contributed by atoms with Gasteiger partial charge in [0.25, 0.3) is 0 Å². The van der Waals surface area contributed by atoms with Crippen molar-refractivity contribution in [3.8, 4) is 11.5 Å². The van der Waals surface area contributed by atoms with Gasteiger partial charge in [-0.2, -0.15) is 8.78 Å².